The first-order chi connectivity index (χ1) is 15.2. The van der Waals surface area contributed by atoms with Crippen molar-refractivity contribution in [1.29, 1.82) is 5.26 Å². The van der Waals surface area contributed by atoms with Gasteiger partial charge in [0.15, 0.2) is 0 Å². The molecule has 32 heavy (non-hydrogen) atoms. The standard InChI is InChI=1S/C24H28N6O2/c1-23(2,21(31)29(3)4)17-7-10-26-19(13-17)28-20-14-18(8-11-27-20)30-12-9-24(15-25,22(30)32)16-5-6-16/h7-8,10-11,13-14,16H,5-6,9,12H2,1-4H3,(H,26,27,28)/t24-/m1/s1. The summed E-state index contributed by atoms with van der Waals surface area (Å²) in [6.45, 7) is 4.29. The Bertz CT molecular complexity index is 1100. The van der Waals surface area contributed by atoms with E-state index in [0.29, 0.717) is 30.3 Å². The number of nitrogens with zero attached hydrogens (tertiary/aromatic N) is 5. The lowest BCUT2D eigenvalue weighted by molar-refractivity contribution is -0.133. The Balaban J connectivity index is 1.55. The molecule has 8 heteroatoms. The minimum Gasteiger partial charge on any atom is -0.348 e. The van der Waals surface area contributed by atoms with E-state index in [-0.39, 0.29) is 17.7 Å². The van der Waals surface area contributed by atoms with Crippen LogP contribution < -0.4 is 10.2 Å². The van der Waals surface area contributed by atoms with Gasteiger partial charge in [-0.05, 0) is 62.8 Å². The summed E-state index contributed by atoms with van der Waals surface area (Å²) in [5.41, 5.74) is -0.0340. The number of likely N-dealkylation sites (N-methyl/N-ethyl adjacent to an activating group) is 1. The zero-order chi connectivity index (χ0) is 23.1. The van der Waals surface area contributed by atoms with E-state index in [1.54, 1.807) is 48.4 Å². The third-order valence-electron chi connectivity index (χ3n) is 6.56. The monoisotopic (exact) mass is 432 g/mol. The third kappa shape index (κ3) is 3.68. The van der Waals surface area contributed by atoms with E-state index in [2.05, 4.69) is 21.4 Å². The number of amides is 2. The summed E-state index contributed by atoms with van der Waals surface area (Å²) in [5, 5.41) is 12.9. The van der Waals surface area contributed by atoms with Crippen LogP contribution in [0, 0.1) is 22.7 Å². The Morgan fingerprint density at radius 3 is 2.50 bits per heavy atom. The molecule has 0 bridgehead atoms. The number of anilines is 3. The highest BCUT2D eigenvalue weighted by atomic mass is 16.2. The molecule has 0 unspecified atom stereocenters. The molecular formula is C24H28N6O2. The molecule has 166 valence electrons. The Labute approximate surface area is 188 Å². The molecule has 0 radical (unpaired) electrons. The molecule has 0 spiro atoms. The lowest BCUT2D eigenvalue weighted by atomic mass is 9.83. The number of nitrogens with one attached hydrogen (secondary N) is 1. The highest BCUT2D eigenvalue weighted by Crippen LogP contribution is 2.51. The summed E-state index contributed by atoms with van der Waals surface area (Å²) in [7, 11) is 3.48. The molecule has 3 heterocycles. The van der Waals surface area contributed by atoms with Crippen LogP contribution >= 0.6 is 0 Å². The van der Waals surface area contributed by atoms with E-state index < -0.39 is 10.8 Å². The quantitative estimate of drug-likeness (QED) is 0.752. The molecule has 1 atom stereocenters. The second-order valence-corrected chi connectivity index (χ2v) is 9.34. The summed E-state index contributed by atoms with van der Waals surface area (Å²) in [6.07, 6.45) is 5.76. The van der Waals surface area contributed by atoms with Gasteiger partial charge >= 0.3 is 0 Å². The average Bonchev–Trinajstić information content (AvgIpc) is 3.57. The van der Waals surface area contributed by atoms with E-state index >= 15 is 0 Å². The van der Waals surface area contributed by atoms with Crippen LogP contribution in [0.4, 0.5) is 17.3 Å². The van der Waals surface area contributed by atoms with Crippen LogP contribution in [0.2, 0.25) is 0 Å². The van der Waals surface area contributed by atoms with E-state index in [0.717, 1.165) is 18.4 Å². The third-order valence-corrected chi connectivity index (χ3v) is 6.56. The molecular weight excluding hydrogens is 404 g/mol. The smallest absolute Gasteiger partial charge is 0.247 e. The lowest BCUT2D eigenvalue weighted by Gasteiger charge is -2.27. The van der Waals surface area contributed by atoms with Gasteiger partial charge in [0.2, 0.25) is 11.8 Å². The van der Waals surface area contributed by atoms with Crippen molar-refractivity contribution in [1.82, 2.24) is 14.9 Å². The van der Waals surface area contributed by atoms with Crippen LogP contribution in [0.1, 0.15) is 38.7 Å². The summed E-state index contributed by atoms with van der Waals surface area (Å²) in [4.78, 5) is 37.7. The molecule has 1 N–H and O–H groups in total. The van der Waals surface area contributed by atoms with Crippen molar-refractivity contribution in [2.45, 2.75) is 38.5 Å². The van der Waals surface area contributed by atoms with E-state index in [4.69, 9.17) is 0 Å². The molecule has 8 nitrogen and oxygen atoms in total. The van der Waals surface area contributed by atoms with E-state index in [9.17, 15) is 14.9 Å². The number of hydrogen-bond donors (Lipinski definition) is 1. The fourth-order valence-electron chi connectivity index (χ4n) is 4.49. The van der Waals surface area contributed by atoms with Crippen LogP contribution in [0.25, 0.3) is 0 Å². The van der Waals surface area contributed by atoms with Crippen LogP contribution in [0.15, 0.2) is 36.7 Å². The van der Waals surface area contributed by atoms with Crippen molar-refractivity contribution < 1.29 is 9.59 Å². The van der Waals surface area contributed by atoms with Gasteiger partial charge < -0.3 is 15.1 Å². The minimum atomic E-state index is -0.878. The van der Waals surface area contributed by atoms with Gasteiger partial charge in [0.25, 0.3) is 0 Å². The van der Waals surface area contributed by atoms with Crippen LogP contribution in [-0.2, 0) is 15.0 Å². The fourth-order valence-corrected chi connectivity index (χ4v) is 4.49. The van der Waals surface area contributed by atoms with Gasteiger partial charge in [-0.15, -0.1) is 0 Å². The Kier molecular flexibility index (Phi) is 5.37. The topological polar surface area (TPSA) is 102 Å². The molecule has 2 amide bonds. The van der Waals surface area contributed by atoms with Crippen molar-refractivity contribution >= 4 is 29.1 Å². The van der Waals surface area contributed by atoms with Crippen molar-refractivity contribution in [3.63, 3.8) is 0 Å². The SMILES string of the molecule is CN(C)C(=O)C(C)(C)c1ccnc(Nc2cc(N3CC[C@@](C#N)(C4CC4)C3=O)ccn2)c1. The Morgan fingerprint density at radius 2 is 1.88 bits per heavy atom. The first-order valence-corrected chi connectivity index (χ1v) is 10.8. The number of carbonyl (C=O) groups excluding carboxylic acids is 2. The van der Waals surface area contributed by atoms with Crippen LogP contribution in [-0.4, -0.2) is 47.3 Å². The van der Waals surface area contributed by atoms with Gasteiger partial charge in [-0.3, -0.25) is 9.59 Å². The summed E-state index contributed by atoms with van der Waals surface area (Å²) >= 11 is 0. The molecule has 2 fully saturated rings. The molecule has 0 aromatic carbocycles. The number of carbonyl (C=O) groups is 2. The highest BCUT2D eigenvalue weighted by Gasteiger charge is 2.56. The summed E-state index contributed by atoms with van der Waals surface area (Å²) in [6, 6.07) is 9.57. The normalized spacial score (nSPS) is 20.7. The molecule has 1 aliphatic carbocycles. The molecule has 2 aromatic rings. The first-order valence-electron chi connectivity index (χ1n) is 10.8. The second kappa shape index (κ2) is 7.90. The van der Waals surface area contributed by atoms with Crippen LogP contribution in [0.3, 0.4) is 0 Å². The maximum Gasteiger partial charge on any atom is 0.247 e. The predicted molar refractivity (Wildman–Crippen MR) is 121 cm³/mol. The molecule has 2 aliphatic rings. The lowest BCUT2D eigenvalue weighted by Crippen LogP contribution is -2.39. The fraction of sp³-hybridized carbons (Fsp3) is 0.458. The van der Waals surface area contributed by atoms with E-state index in [1.165, 1.54) is 0 Å². The predicted octanol–water partition coefficient (Wildman–Crippen LogP) is 3.24. The zero-order valence-electron chi connectivity index (χ0n) is 18.9. The zero-order valence-corrected chi connectivity index (χ0v) is 18.9. The van der Waals surface area contributed by atoms with Gasteiger partial charge in [0.1, 0.15) is 17.1 Å². The number of hydrogen-bond acceptors (Lipinski definition) is 6. The van der Waals surface area contributed by atoms with Gasteiger partial charge in [-0.1, -0.05) is 0 Å². The number of rotatable bonds is 6. The van der Waals surface area contributed by atoms with Crippen molar-refractivity contribution in [2.75, 3.05) is 30.9 Å². The molecule has 2 aromatic heterocycles. The average molecular weight is 433 g/mol. The largest absolute Gasteiger partial charge is 0.348 e. The summed E-state index contributed by atoms with van der Waals surface area (Å²) in [5.74, 6) is 1.17. The van der Waals surface area contributed by atoms with Gasteiger partial charge in [0.05, 0.1) is 11.5 Å². The molecule has 1 saturated heterocycles. The first kappa shape index (κ1) is 21.8. The van der Waals surface area contributed by atoms with Crippen molar-refractivity contribution in [3.8, 4) is 6.07 Å². The molecule has 1 saturated carbocycles. The van der Waals surface area contributed by atoms with Gasteiger partial charge in [0, 0.05) is 44.8 Å². The molecule has 1 aliphatic heterocycles. The second-order valence-electron chi connectivity index (χ2n) is 9.34. The maximum atomic E-state index is 13.1. The van der Waals surface area contributed by atoms with Crippen LogP contribution in [0.5, 0.6) is 0 Å². The Morgan fingerprint density at radius 1 is 1.22 bits per heavy atom. The molecule has 4 rings (SSSR count). The van der Waals surface area contributed by atoms with Gasteiger partial charge in [-0.25, -0.2) is 9.97 Å². The van der Waals surface area contributed by atoms with E-state index in [1.807, 2.05) is 26.0 Å². The van der Waals surface area contributed by atoms with Gasteiger partial charge in [-0.2, -0.15) is 5.26 Å². The number of nitriles is 1. The van der Waals surface area contributed by atoms with Crippen molar-refractivity contribution in [2.24, 2.45) is 11.3 Å². The summed E-state index contributed by atoms with van der Waals surface area (Å²) < 4.78 is 0. The van der Waals surface area contributed by atoms with Crippen molar-refractivity contribution in [3.05, 3.63) is 42.2 Å². The Hall–Kier alpha value is -3.47. The maximum absolute atomic E-state index is 13.1. The minimum absolute atomic E-state index is 0.000966. The number of pyridine rings is 2. The number of aromatic nitrogens is 2. The highest BCUT2D eigenvalue weighted by molar-refractivity contribution is 6.02.